The molecule has 4 nitrogen and oxygen atoms in total. The normalized spacial score (nSPS) is 15.4. The van der Waals surface area contributed by atoms with Crippen molar-refractivity contribution in [1.82, 2.24) is 9.97 Å². The Kier molecular flexibility index (Phi) is 6.22. The Hall–Kier alpha value is -3.25. The van der Waals surface area contributed by atoms with Crippen LogP contribution in [0.3, 0.4) is 0 Å². The monoisotopic (exact) mass is 572 g/mol. The van der Waals surface area contributed by atoms with E-state index in [1.165, 1.54) is 0 Å². The average Bonchev–Trinajstić information content (AvgIpc) is 3.34. The maximum Gasteiger partial charge on any atom is 0.247 e. The fourth-order valence-corrected chi connectivity index (χ4v) is 5.20. The minimum Gasteiger partial charge on any atom is -0.223 e. The lowest BCUT2D eigenvalue weighted by Gasteiger charge is -2.23. The predicted molar refractivity (Wildman–Crippen MR) is 152 cm³/mol. The standard InChI is InChI=1S/C29H19BrCl2N4/c30-20-12-10-18(11-13-20)26-17-27(22-8-4-5-9-24(22)32)36(35-26)29-33-25-15-14-21(31)16-23(25)28(34-29)19-6-2-1-3-7-19/h1-16,27H,17H2/t27-/m0/s1. The molecule has 4 aromatic carbocycles. The van der Waals surface area contributed by atoms with Crippen LogP contribution in [0, 0.1) is 0 Å². The van der Waals surface area contributed by atoms with E-state index in [1.54, 1.807) is 0 Å². The summed E-state index contributed by atoms with van der Waals surface area (Å²) < 4.78 is 1.02. The second kappa shape index (κ2) is 9.66. The first-order valence-electron chi connectivity index (χ1n) is 11.5. The van der Waals surface area contributed by atoms with Crippen molar-refractivity contribution in [3.63, 3.8) is 0 Å². The Morgan fingerprint density at radius 2 is 1.53 bits per heavy atom. The maximum absolute atomic E-state index is 6.67. The summed E-state index contributed by atoms with van der Waals surface area (Å²) in [6, 6.07) is 31.7. The summed E-state index contributed by atoms with van der Waals surface area (Å²) in [6.07, 6.45) is 0.675. The largest absolute Gasteiger partial charge is 0.247 e. The van der Waals surface area contributed by atoms with E-state index in [2.05, 4.69) is 28.1 Å². The Bertz CT molecular complexity index is 1600. The van der Waals surface area contributed by atoms with Gasteiger partial charge in [-0.05, 0) is 47.5 Å². The van der Waals surface area contributed by atoms with Gasteiger partial charge in [0.2, 0.25) is 5.95 Å². The fourth-order valence-electron chi connectivity index (χ4n) is 4.51. The van der Waals surface area contributed by atoms with Crippen LogP contribution < -0.4 is 5.01 Å². The van der Waals surface area contributed by atoms with E-state index in [0.717, 1.165) is 43.5 Å². The smallest absolute Gasteiger partial charge is 0.223 e. The maximum atomic E-state index is 6.67. The van der Waals surface area contributed by atoms with Crippen LogP contribution >= 0.6 is 39.1 Å². The van der Waals surface area contributed by atoms with Gasteiger partial charge in [-0.3, -0.25) is 0 Å². The predicted octanol–water partition coefficient (Wildman–Crippen LogP) is 8.72. The zero-order valence-electron chi connectivity index (χ0n) is 18.9. The molecule has 0 amide bonds. The summed E-state index contributed by atoms with van der Waals surface area (Å²) in [7, 11) is 0. The van der Waals surface area contributed by atoms with E-state index in [4.69, 9.17) is 38.3 Å². The molecule has 0 aliphatic carbocycles. The summed E-state index contributed by atoms with van der Waals surface area (Å²) in [6.45, 7) is 0. The van der Waals surface area contributed by atoms with Gasteiger partial charge in [-0.25, -0.2) is 15.0 Å². The minimum atomic E-state index is -0.147. The van der Waals surface area contributed by atoms with E-state index in [1.807, 2.05) is 89.9 Å². The van der Waals surface area contributed by atoms with Crippen molar-refractivity contribution in [2.24, 2.45) is 5.10 Å². The third kappa shape index (κ3) is 4.39. The molecule has 0 saturated carbocycles. The van der Waals surface area contributed by atoms with Gasteiger partial charge < -0.3 is 0 Å². The van der Waals surface area contributed by atoms with Gasteiger partial charge in [-0.2, -0.15) is 5.10 Å². The molecule has 6 rings (SSSR count). The van der Waals surface area contributed by atoms with Crippen molar-refractivity contribution in [2.45, 2.75) is 12.5 Å². The van der Waals surface area contributed by atoms with Crippen LogP contribution in [-0.4, -0.2) is 15.7 Å². The molecule has 0 saturated heterocycles. The van der Waals surface area contributed by atoms with E-state index < -0.39 is 0 Å². The molecule has 36 heavy (non-hydrogen) atoms. The van der Waals surface area contributed by atoms with Crippen LogP contribution in [0.4, 0.5) is 5.95 Å². The molecule has 0 fully saturated rings. The Morgan fingerprint density at radius 3 is 2.31 bits per heavy atom. The van der Waals surface area contributed by atoms with Gasteiger partial charge in [0, 0.05) is 31.9 Å². The minimum absolute atomic E-state index is 0.147. The summed E-state index contributed by atoms with van der Waals surface area (Å²) in [5.41, 5.74) is 5.58. The van der Waals surface area contributed by atoms with Crippen LogP contribution in [0.5, 0.6) is 0 Å². The molecular weight excluding hydrogens is 555 g/mol. The molecule has 7 heteroatoms. The fraction of sp³-hybridized carbons (Fsp3) is 0.0690. The van der Waals surface area contributed by atoms with Crippen molar-refractivity contribution < 1.29 is 0 Å². The number of fused-ring (bicyclic) bond motifs is 1. The third-order valence-corrected chi connectivity index (χ3v) is 7.36. The molecule has 1 atom stereocenters. The van der Waals surface area contributed by atoms with Gasteiger partial charge in [0.15, 0.2) is 0 Å². The van der Waals surface area contributed by atoms with E-state index in [-0.39, 0.29) is 6.04 Å². The molecule has 1 aromatic heterocycles. The van der Waals surface area contributed by atoms with Crippen molar-refractivity contribution in [3.05, 3.63) is 123 Å². The number of aromatic nitrogens is 2. The lowest BCUT2D eigenvalue weighted by molar-refractivity contribution is 0.689. The first-order chi connectivity index (χ1) is 17.6. The van der Waals surface area contributed by atoms with Gasteiger partial charge in [0.25, 0.3) is 0 Å². The molecule has 1 aliphatic rings. The molecule has 0 spiro atoms. The van der Waals surface area contributed by atoms with Crippen LogP contribution in [-0.2, 0) is 0 Å². The number of hydrogen-bond acceptors (Lipinski definition) is 4. The Labute approximate surface area is 227 Å². The number of halogens is 3. The molecule has 5 aromatic rings. The Balaban J connectivity index is 1.55. The number of benzene rings is 4. The van der Waals surface area contributed by atoms with E-state index in [9.17, 15) is 0 Å². The van der Waals surface area contributed by atoms with Crippen molar-refractivity contribution in [3.8, 4) is 11.3 Å². The Morgan fingerprint density at radius 1 is 0.778 bits per heavy atom. The van der Waals surface area contributed by atoms with Gasteiger partial charge >= 0.3 is 0 Å². The topological polar surface area (TPSA) is 41.4 Å². The van der Waals surface area contributed by atoms with Crippen LogP contribution in [0.1, 0.15) is 23.6 Å². The highest BCUT2D eigenvalue weighted by Crippen LogP contribution is 2.40. The summed E-state index contributed by atoms with van der Waals surface area (Å²) in [5, 5.41) is 9.17. The van der Waals surface area contributed by atoms with Crippen molar-refractivity contribution in [1.29, 1.82) is 0 Å². The van der Waals surface area contributed by atoms with Crippen LogP contribution in [0.25, 0.3) is 22.2 Å². The van der Waals surface area contributed by atoms with Crippen LogP contribution in [0.15, 0.2) is 107 Å². The molecule has 1 aliphatic heterocycles. The van der Waals surface area contributed by atoms with Gasteiger partial charge in [0.1, 0.15) is 0 Å². The van der Waals surface area contributed by atoms with Crippen molar-refractivity contribution >= 4 is 61.7 Å². The highest BCUT2D eigenvalue weighted by atomic mass is 79.9. The summed E-state index contributed by atoms with van der Waals surface area (Å²) in [4.78, 5) is 9.97. The lowest BCUT2D eigenvalue weighted by atomic mass is 9.98. The van der Waals surface area contributed by atoms with E-state index >= 15 is 0 Å². The van der Waals surface area contributed by atoms with Gasteiger partial charge in [0.05, 0.1) is 23.0 Å². The quantitative estimate of drug-likeness (QED) is 0.216. The molecule has 0 radical (unpaired) electrons. The lowest BCUT2D eigenvalue weighted by Crippen LogP contribution is -2.21. The number of anilines is 1. The number of hydrogen-bond donors (Lipinski definition) is 0. The average molecular weight is 574 g/mol. The molecule has 176 valence electrons. The highest BCUT2D eigenvalue weighted by molar-refractivity contribution is 9.10. The summed E-state index contributed by atoms with van der Waals surface area (Å²) >= 11 is 16.6. The second-order valence-corrected chi connectivity index (χ2v) is 10.3. The zero-order chi connectivity index (χ0) is 24.6. The first kappa shape index (κ1) is 23.2. The van der Waals surface area contributed by atoms with Crippen molar-refractivity contribution in [2.75, 3.05) is 5.01 Å². The first-order valence-corrected chi connectivity index (χ1v) is 13.0. The highest BCUT2D eigenvalue weighted by Gasteiger charge is 2.33. The molecule has 0 unspecified atom stereocenters. The van der Waals surface area contributed by atoms with Crippen LogP contribution in [0.2, 0.25) is 10.0 Å². The number of hydrazone groups is 1. The molecule has 2 heterocycles. The number of rotatable bonds is 4. The van der Waals surface area contributed by atoms with Gasteiger partial charge in [-0.1, -0.05) is 99.8 Å². The third-order valence-electron chi connectivity index (χ3n) is 6.25. The molecule has 0 N–H and O–H groups in total. The van der Waals surface area contributed by atoms with E-state index in [0.29, 0.717) is 22.4 Å². The molecule has 0 bridgehead atoms. The second-order valence-electron chi connectivity index (χ2n) is 8.54. The summed E-state index contributed by atoms with van der Waals surface area (Å²) in [5.74, 6) is 0.515. The SMILES string of the molecule is Clc1ccc2nc(N3N=C(c4ccc(Br)cc4)C[C@H]3c3ccccc3Cl)nc(-c3ccccc3)c2c1. The van der Waals surface area contributed by atoms with Gasteiger partial charge in [-0.15, -0.1) is 0 Å². The molecular formula is C29H19BrCl2N4. The number of nitrogens with zero attached hydrogens (tertiary/aromatic N) is 4. The zero-order valence-corrected chi connectivity index (χ0v) is 22.0.